The van der Waals surface area contributed by atoms with Crippen LogP contribution in [0.3, 0.4) is 0 Å². The fraction of sp³-hybridized carbons (Fsp3) is 0.714. The van der Waals surface area contributed by atoms with Crippen molar-refractivity contribution in [3.63, 3.8) is 0 Å². The van der Waals surface area contributed by atoms with Gasteiger partial charge in [-0.05, 0) is 6.54 Å². The van der Waals surface area contributed by atoms with Gasteiger partial charge in [-0.25, -0.2) is 0 Å². The first-order chi connectivity index (χ1) is 6.50. The van der Waals surface area contributed by atoms with Crippen LogP contribution in [0.1, 0.15) is 0 Å². The van der Waals surface area contributed by atoms with Crippen molar-refractivity contribution >= 4 is 28.6 Å². The second kappa shape index (κ2) is 8.07. The SMILES string of the molecule is C=C(CN1CCSSCC1)[B-](F)(F)F.[K+]. The van der Waals surface area contributed by atoms with E-state index in [-0.39, 0.29) is 57.9 Å². The molecule has 8 heteroatoms. The summed E-state index contributed by atoms with van der Waals surface area (Å²) in [7, 11) is 3.45. The molecule has 0 N–H and O–H groups in total. The first-order valence-corrected chi connectivity index (χ1v) is 6.83. The Balaban J connectivity index is 0.00000196. The predicted molar refractivity (Wildman–Crippen MR) is 59.6 cm³/mol. The summed E-state index contributed by atoms with van der Waals surface area (Å²) in [5.41, 5.74) is -0.582. The van der Waals surface area contributed by atoms with Crippen molar-refractivity contribution < 1.29 is 64.3 Å². The smallest absolute Gasteiger partial charge is 0.445 e. The van der Waals surface area contributed by atoms with Gasteiger partial charge in [0.25, 0.3) is 0 Å². The molecule has 1 fully saturated rings. The maximum Gasteiger partial charge on any atom is 1.00 e. The number of nitrogens with zero attached hydrogens (tertiary/aromatic N) is 1. The molecule has 0 aliphatic carbocycles. The molecule has 1 aliphatic heterocycles. The molecule has 82 valence electrons. The van der Waals surface area contributed by atoms with Gasteiger partial charge in [0.05, 0.1) is 0 Å². The van der Waals surface area contributed by atoms with Crippen LogP contribution < -0.4 is 51.4 Å². The zero-order valence-electron chi connectivity index (χ0n) is 8.72. The molecule has 0 aromatic carbocycles. The van der Waals surface area contributed by atoms with Gasteiger partial charge in [-0.3, -0.25) is 0 Å². The molecule has 0 unspecified atom stereocenters. The van der Waals surface area contributed by atoms with Gasteiger partial charge in [-0.15, -0.1) is 12.1 Å². The average molecular weight is 281 g/mol. The van der Waals surface area contributed by atoms with E-state index in [4.69, 9.17) is 0 Å². The Kier molecular flexibility index (Phi) is 9.09. The van der Waals surface area contributed by atoms with E-state index in [2.05, 4.69) is 6.58 Å². The van der Waals surface area contributed by atoms with Crippen molar-refractivity contribution in [1.29, 1.82) is 0 Å². The van der Waals surface area contributed by atoms with E-state index < -0.39 is 12.4 Å². The molecule has 0 bridgehead atoms. The number of rotatable bonds is 3. The van der Waals surface area contributed by atoms with Crippen LogP contribution in [0.4, 0.5) is 12.9 Å². The summed E-state index contributed by atoms with van der Waals surface area (Å²) in [6.07, 6.45) is 0. The fourth-order valence-corrected chi connectivity index (χ4v) is 3.17. The largest absolute Gasteiger partial charge is 1.00 e. The molecular formula is C7H12BF3KNS2. The summed E-state index contributed by atoms with van der Waals surface area (Å²) in [4.78, 5) is 1.82. The Morgan fingerprint density at radius 3 is 2.07 bits per heavy atom. The van der Waals surface area contributed by atoms with E-state index in [1.54, 1.807) is 21.6 Å². The number of halogens is 3. The van der Waals surface area contributed by atoms with Crippen molar-refractivity contribution in [2.45, 2.75) is 0 Å². The van der Waals surface area contributed by atoms with E-state index in [1.807, 2.05) is 4.90 Å². The Bertz CT molecular complexity index is 207. The number of hydrogen-bond acceptors (Lipinski definition) is 3. The first-order valence-electron chi connectivity index (χ1n) is 4.34. The minimum absolute atomic E-state index is 0. The van der Waals surface area contributed by atoms with Crippen LogP contribution >= 0.6 is 21.6 Å². The molecule has 1 nitrogen and oxygen atoms in total. The fourth-order valence-electron chi connectivity index (χ4n) is 1.11. The van der Waals surface area contributed by atoms with Gasteiger partial charge in [0.1, 0.15) is 0 Å². The van der Waals surface area contributed by atoms with E-state index in [1.165, 1.54) is 0 Å². The third kappa shape index (κ3) is 7.03. The van der Waals surface area contributed by atoms with Crippen molar-refractivity contribution in [2.75, 3.05) is 31.1 Å². The Hall–Kier alpha value is 1.89. The zero-order valence-corrected chi connectivity index (χ0v) is 13.5. The topological polar surface area (TPSA) is 3.24 Å². The summed E-state index contributed by atoms with van der Waals surface area (Å²) < 4.78 is 36.7. The Morgan fingerprint density at radius 1 is 1.20 bits per heavy atom. The molecule has 0 atom stereocenters. The van der Waals surface area contributed by atoms with Crippen LogP contribution in [-0.2, 0) is 0 Å². The molecule has 0 saturated carbocycles. The molecule has 0 aromatic heterocycles. The average Bonchev–Trinajstić information content (AvgIpc) is 2.31. The maximum atomic E-state index is 12.2. The molecule has 0 spiro atoms. The van der Waals surface area contributed by atoms with Gasteiger partial charge in [0.2, 0.25) is 0 Å². The second-order valence-corrected chi connectivity index (χ2v) is 5.86. The van der Waals surface area contributed by atoms with E-state index >= 15 is 0 Å². The monoisotopic (exact) mass is 281 g/mol. The van der Waals surface area contributed by atoms with Gasteiger partial charge in [0, 0.05) is 24.6 Å². The molecule has 15 heavy (non-hydrogen) atoms. The van der Waals surface area contributed by atoms with Crippen molar-refractivity contribution in [3.8, 4) is 0 Å². The minimum Gasteiger partial charge on any atom is -0.445 e. The van der Waals surface area contributed by atoms with Crippen molar-refractivity contribution in [2.24, 2.45) is 0 Å². The third-order valence-electron chi connectivity index (χ3n) is 1.95. The molecule has 1 heterocycles. The molecular weight excluding hydrogens is 269 g/mol. The van der Waals surface area contributed by atoms with Gasteiger partial charge >= 0.3 is 58.4 Å². The minimum atomic E-state index is -4.86. The van der Waals surface area contributed by atoms with Gasteiger partial charge in [-0.1, -0.05) is 21.6 Å². The van der Waals surface area contributed by atoms with Gasteiger partial charge < -0.3 is 17.8 Å². The van der Waals surface area contributed by atoms with Crippen LogP contribution in [0.25, 0.3) is 0 Å². The van der Waals surface area contributed by atoms with E-state index in [0.29, 0.717) is 0 Å². The molecule has 1 saturated heterocycles. The van der Waals surface area contributed by atoms with Crippen LogP contribution in [0, 0.1) is 0 Å². The molecule has 0 aromatic rings. The summed E-state index contributed by atoms with van der Waals surface area (Å²) >= 11 is 0. The summed E-state index contributed by atoms with van der Waals surface area (Å²) in [5.74, 6) is 1.78. The standard InChI is InChI=1S/C7H12BF3NS2.K/c1-7(8(9,10)11)6-12-2-4-13-14-5-3-12;/h1-6H2;/q-1;+1. The van der Waals surface area contributed by atoms with Crippen LogP contribution in [0.5, 0.6) is 0 Å². The van der Waals surface area contributed by atoms with Gasteiger partial charge in [-0.2, -0.15) is 0 Å². The Labute approximate surface area is 139 Å². The number of hydrogen-bond donors (Lipinski definition) is 0. The molecule has 1 aliphatic rings. The van der Waals surface area contributed by atoms with Crippen LogP contribution in [-0.4, -0.2) is 43.0 Å². The molecule has 0 amide bonds. The third-order valence-corrected chi connectivity index (χ3v) is 4.32. The van der Waals surface area contributed by atoms with Crippen LogP contribution in [0.2, 0.25) is 0 Å². The van der Waals surface area contributed by atoms with Crippen molar-refractivity contribution in [3.05, 3.63) is 12.1 Å². The first kappa shape index (κ1) is 16.9. The normalized spacial score (nSPS) is 19.1. The quantitative estimate of drug-likeness (QED) is 0.513. The zero-order chi connectivity index (χ0) is 10.6. The maximum absolute atomic E-state index is 12.2. The van der Waals surface area contributed by atoms with E-state index in [9.17, 15) is 12.9 Å². The predicted octanol–water partition coefficient (Wildman–Crippen LogP) is -0.370. The van der Waals surface area contributed by atoms with Crippen molar-refractivity contribution in [1.82, 2.24) is 4.90 Å². The summed E-state index contributed by atoms with van der Waals surface area (Å²) in [6.45, 7) is -0.334. The molecule has 0 radical (unpaired) electrons. The van der Waals surface area contributed by atoms with E-state index in [0.717, 1.165) is 24.6 Å². The van der Waals surface area contributed by atoms with Gasteiger partial charge in [0.15, 0.2) is 0 Å². The van der Waals surface area contributed by atoms with Crippen LogP contribution in [0.15, 0.2) is 12.1 Å². The summed E-state index contributed by atoms with van der Waals surface area (Å²) in [5, 5.41) is 0. The summed E-state index contributed by atoms with van der Waals surface area (Å²) in [6, 6.07) is 0. The second-order valence-electron chi connectivity index (χ2n) is 3.15. The molecule has 1 rings (SSSR count). The Morgan fingerprint density at radius 2 is 1.67 bits per heavy atom.